The van der Waals surface area contributed by atoms with E-state index in [1.54, 1.807) is 0 Å². The minimum absolute atomic E-state index is 0.177. The molecule has 0 bridgehead atoms. The lowest BCUT2D eigenvalue weighted by Gasteiger charge is -2.35. The van der Waals surface area contributed by atoms with Gasteiger partial charge in [-0.1, -0.05) is 28.1 Å². The molecule has 0 aliphatic heterocycles. The second kappa shape index (κ2) is 11.7. The summed E-state index contributed by atoms with van der Waals surface area (Å²) >= 11 is 3.44. The van der Waals surface area contributed by atoms with Crippen molar-refractivity contribution in [2.75, 3.05) is 6.61 Å². The number of carbonyl (C=O) groups is 2. The molecule has 0 saturated heterocycles. The molecule has 188 valence electrons. The quantitative estimate of drug-likeness (QED) is 0.423. The molecule has 0 unspecified atom stereocenters. The van der Waals surface area contributed by atoms with Gasteiger partial charge in [0.1, 0.15) is 6.04 Å². The molecule has 6 nitrogen and oxygen atoms in total. The maximum absolute atomic E-state index is 12.8. The summed E-state index contributed by atoms with van der Waals surface area (Å²) in [4.78, 5) is 29.4. The van der Waals surface area contributed by atoms with Crippen molar-refractivity contribution in [2.45, 2.75) is 83.8 Å². The Morgan fingerprint density at radius 3 is 2.71 bits per heavy atom. The first-order valence-electron chi connectivity index (χ1n) is 12.7. The molecule has 1 saturated carbocycles. The maximum atomic E-state index is 12.8. The van der Waals surface area contributed by atoms with Crippen molar-refractivity contribution in [3.8, 4) is 0 Å². The number of hydrogen-bond donors (Lipinski definition) is 2. The van der Waals surface area contributed by atoms with Gasteiger partial charge in [-0.3, -0.25) is 9.78 Å². The second-order valence-corrected chi connectivity index (χ2v) is 10.9. The molecule has 0 radical (unpaired) electrons. The highest BCUT2D eigenvalue weighted by Crippen LogP contribution is 2.34. The SMILES string of the molecule is Cc1ccc(Br)c(C)c1C(=O)N[C@@H](CCOC1CC(CCc2ccc3c(n2)CCCC3)C1)C(=O)O. The lowest BCUT2D eigenvalue weighted by atomic mass is 9.79. The van der Waals surface area contributed by atoms with Gasteiger partial charge in [0, 0.05) is 34.5 Å². The van der Waals surface area contributed by atoms with E-state index in [0.29, 0.717) is 18.1 Å². The monoisotopic (exact) mass is 542 g/mol. The average molecular weight is 544 g/mol. The lowest BCUT2D eigenvalue weighted by Crippen LogP contribution is -2.42. The molecular formula is C28H35BrN2O4. The van der Waals surface area contributed by atoms with Crippen molar-refractivity contribution in [1.29, 1.82) is 0 Å². The summed E-state index contributed by atoms with van der Waals surface area (Å²) in [7, 11) is 0. The number of nitrogens with one attached hydrogen (secondary N) is 1. The standard InChI is InChI=1S/C28H35BrN2O4/c1-17-7-12-23(29)18(2)26(17)27(32)31-25(28(33)34)13-14-35-22-15-19(16-22)8-10-21-11-9-20-5-3-4-6-24(20)30-21/h7,9,11-12,19,22,25H,3-6,8,10,13-16H2,1-2H3,(H,31,32)(H,33,34)/t19?,22?,25-/m0/s1. The van der Waals surface area contributed by atoms with Crippen LogP contribution in [0.5, 0.6) is 0 Å². The normalized spacial score (nSPS) is 20.0. The minimum Gasteiger partial charge on any atom is -0.480 e. The van der Waals surface area contributed by atoms with Crippen molar-refractivity contribution < 1.29 is 19.4 Å². The molecule has 35 heavy (non-hydrogen) atoms. The van der Waals surface area contributed by atoms with Crippen molar-refractivity contribution in [1.82, 2.24) is 10.3 Å². The molecule has 1 heterocycles. The second-order valence-electron chi connectivity index (χ2n) is 10.0. The van der Waals surface area contributed by atoms with Gasteiger partial charge in [-0.15, -0.1) is 0 Å². The number of ether oxygens (including phenoxy) is 1. The van der Waals surface area contributed by atoms with Crippen molar-refractivity contribution in [3.05, 3.63) is 62.4 Å². The van der Waals surface area contributed by atoms with Gasteiger partial charge >= 0.3 is 5.97 Å². The lowest BCUT2D eigenvalue weighted by molar-refractivity contribution is -0.140. The first-order chi connectivity index (χ1) is 16.8. The first-order valence-corrected chi connectivity index (χ1v) is 13.5. The van der Waals surface area contributed by atoms with E-state index < -0.39 is 12.0 Å². The molecule has 1 amide bonds. The van der Waals surface area contributed by atoms with Gasteiger partial charge in [-0.25, -0.2) is 4.79 Å². The highest BCUT2D eigenvalue weighted by molar-refractivity contribution is 9.10. The number of hydrogen-bond acceptors (Lipinski definition) is 4. The predicted octanol–water partition coefficient (Wildman–Crippen LogP) is 5.34. The van der Waals surface area contributed by atoms with Crippen LogP contribution in [0.3, 0.4) is 0 Å². The van der Waals surface area contributed by atoms with Crippen LogP contribution in [0.2, 0.25) is 0 Å². The molecule has 0 spiro atoms. The predicted molar refractivity (Wildman–Crippen MR) is 139 cm³/mol. The van der Waals surface area contributed by atoms with E-state index in [2.05, 4.69) is 33.4 Å². The Bertz CT molecular complexity index is 1080. The van der Waals surface area contributed by atoms with Crippen molar-refractivity contribution in [3.63, 3.8) is 0 Å². The summed E-state index contributed by atoms with van der Waals surface area (Å²) in [6.45, 7) is 4.01. The fraction of sp³-hybridized carbons (Fsp3) is 0.536. The topological polar surface area (TPSA) is 88.5 Å². The Morgan fingerprint density at radius 2 is 1.94 bits per heavy atom. The van der Waals surface area contributed by atoms with Gasteiger partial charge in [0.05, 0.1) is 6.10 Å². The number of benzene rings is 1. The number of nitrogens with zero attached hydrogens (tertiary/aromatic N) is 1. The fourth-order valence-electron chi connectivity index (χ4n) is 5.18. The molecule has 4 rings (SSSR count). The number of rotatable bonds is 10. The van der Waals surface area contributed by atoms with Gasteiger partial charge in [0.15, 0.2) is 0 Å². The Morgan fingerprint density at radius 1 is 1.17 bits per heavy atom. The van der Waals surface area contributed by atoms with Gasteiger partial charge in [0.2, 0.25) is 0 Å². The van der Waals surface area contributed by atoms with Gasteiger partial charge in [0.25, 0.3) is 5.91 Å². The third-order valence-electron chi connectivity index (χ3n) is 7.43. The first kappa shape index (κ1) is 25.8. The molecule has 7 heteroatoms. The van der Waals surface area contributed by atoms with Crippen LogP contribution in [0.1, 0.15) is 77.0 Å². The number of halogens is 1. The number of amides is 1. The van der Waals surface area contributed by atoms with Crippen LogP contribution in [0.25, 0.3) is 0 Å². The Labute approximate surface area is 216 Å². The molecular weight excluding hydrogens is 508 g/mol. The van der Waals surface area contributed by atoms with Crippen LogP contribution in [-0.2, 0) is 28.8 Å². The highest BCUT2D eigenvalue weighted by atomic mass is 79.9. The van der Waals surface area contributed by atoms with E-state index in [9.17, 15) is 14.7 Å². The Hall–Kier alpha value is -2.25. The third kappa shape index (κ3) is 6.50. The molecule has 2 N–H and O–H groups in total. The van der Waals surface area contributed by atoms with E-state index in [0.717, 1.165) is 47.7 Å². The van der Waals surface area contributed by atoms with Crippen LogP contribution in [-0.4, -0.2) is 40.7 Å². The molecule has 2 aliphatic carbocycles. The number of carboxylic acids is 1. The molecule has 1 atom stereocenters. The zero-order valence-corrected chi connectivity index (χ0v) is 22.2. The van der Waals surface area contributed by atoms with Crippen molar-refractivity contribution >= 4 is 27.8 Å². The smallest absolute Gasteiger partial charge is 0.326 e. The molecule has 2 aliphatic rings. The summed E-state index contributed by atoms with van der Waals surface area (Å²) in [5.41, 5.74) is 6.06. The summed E-state index contributed by atoms with van der Waals surface area (Å²) < 4.78 is 6.76. The van der Waals surface area contributed by atoms with Crippen LogP contribution < -0.4 is 5.32 Å². The number of pyridine rings is 1. The summed E-state index contributed by atoms with van der Waals surface area (Å²) in [6.07, 6.45) is 9.36. The number of carboxylic acid groups (broad SMARTS) is 1. The largest absolute Gasteiger partial charge is 0.480 e. The van der Waals surface area contributed by atoms with Crippen LogP contribution in [0, 0.1) is 19.8 Å². The Kier molecular flexibility index (Phi) is 8.60. The van der Waals surface area contributed by atoms with Crippen molar-refractivity contribution in [2.24, 2.45) is 5.92 Å². The summed E-state index contributed by atoms with van der Waals surface area (Å²) in [5, 5.41) is 12.3. The van der Waals surface area contributed by atoms with Gasteiger partial charge in [-0.05, 0) is 100.0 Å². The van der Waals surface area contributed by atoms with Crippen LogP contribution in [0.4, 0.5) is 0 Å². The zero-order valence-electron chi connectivity index (χ0n) is 20.6. The van der Waals surface area contributed by atoms with E-state index in [4.69, 9.17) is 9.72 Å². The van der Waals surface area contributed by atoms with E-state index in [1.807, 2.05) is 26.0 Å². The fourth-order valence-corrected chi connectivity index (χ4v) is 5.51. The number of aromatic nitrogens is 1. The summed E-state index contributed by atoms with van der Waals surface area (Å²) in [5.74, 6) is -0.778. The van der Waals surface area contributed by atoms with Crippen LogP contribution >= 0.6 is 15.9 Å². The summed E-state index contributed by atoms with van der Waals surface area (Å²) in [6, 6.07) is 7.21. The molecule has 1 fully saturated rings. The van der Waals surface area contributed by atoms with E-state index >= 15 is 0 Å². The Balaban J connectivity index is 1.18. The average Bonchev–Trinajstić information content (AvgIpc) is 2.81. The van der Waals surface area contributed by atoms with E-state index in [1.165, 1.54) is 36.2 Å². The third-order valence-corrected chi connectivity index (χ3v) is 8.29. The number of aryl methyl sites for hydroxylation is 4. The van der Waals surface area contributed by atoms with Gasteiger partial charge in [-0.2, -0.15) is 0 Å². The highest BCUT2D eigenvalue weighted by Gasteiger charge is 2.30. The van der Waals surface area contributed by atoms with Gasteiger partial charge < -0.3 is 15.2 Å². The number of fused-ring (bicyclic) bond motifs is 1. The zero-order chi connectivity index (χ0) is 24.9. The van der Waals surface area contributed by atoms with E-state index in [-0.39, 0.29) is 18.4 Å². The molecule has 1 aromatic carbocycles. The van der Waals surface area contributed by atoms with Crippen LogP contribution in [0.15, 0.2) is 28.7 Å². The molecule has 1 aromatic heterocycles. The maximum Gasteiger partial charge on any atom is 0.326 e. The minimum atomic E-state index is -1.05. The molecule has 2 aromatic rings. The number of carbonyl (C=O) groups excluding carboxylic acids is 1. The number of aliphatic carboxylic acids is 1.